The molecule has 1 aliphatic rings. The van der Waals surface area contributed by atoms with E-state index >= 15 is 0 Å². The van der Waals surface area contributed by atoms with Gasteiger partial charge in [0.1, 0.15) is 5.82 Å². The van der Waals surface area contributed by atoms with Crippen molar-refractivity contribution in [2.24, 2.45) is 0 Å². The number of methoxy groups -OCH3 is 1. The number of ether oxygens (including phenoxy) is 1. The molecule has 1 aromatic heterocycles. The number of halogens is 1. The van der Waals surface area contributed by atoms with E-state index in [9.17, 15) is 4.39 Å². The van der Waals surface area contributed by atoms with Crippen molar-refractivity contribution in [2.45, 2.75) is 6.10 Å². The van der Waals surface area contributed by atoms with Gasteiger partial charge in [-0.2, -0.15) is 4.98 Å². The molecule has 2 aromatic rings. The number of nitrogen functional groups attached to an aromatic ring is 1. The molecule has 1 aliphatic heterocycles. The topological polar surface area (TPSA) is 80.1 Å². The summed E-state index contributed by atoms with van der Waals surface area (Å²) in [6, 6.07) is 4.75. The summed E-state index contributed by atoms with van der Waals surface area (Å²) >= 11 is 0. The number of nitrogens with one attached hydrogen (secondary N) is 1. The Morgan fingerprint density at radius 2 is 2.21 bits per heavy atom. The number of aromatic nitrogens is 3. The number of hydrogen-bond donors (Lipinski definition) is 2. The summed E-state index contributed by atoms with van der Waals surface area (Å²) < 4.78 is 18.9. The highest BCUT2D eigenvalue weighted by Gasteiger charge is 2.27. The monoisotopic (exact) mass is 263 g/mol. The molecule has 6 nitrogen and oxygen atoms in total. The number of hydrogen-bond acceptors (Lipinski definition) is 5. The Balaban J connectivity index is 1.89. The van der Waals surface area contributed by atoms with E-state index < -0.39 is 0 Å². The zero-order chi connectivity index (χ0) is 13.4. The number of nitrogens with two attached hydrogens (primary N) is 1. The molecule has 2 heterocycles. The highest BCUT2D eigenvalue weighted by atomic mass is 19.1. The lowest BCUT2D eigenvalue weighted by atomic mass is 10.1. The molecule has 0 radical (unpaired) electrons. The number of aromatic amines is 1. The van der Waals surface area contributed by atoms with Crippen molar-refractivity contribution in [3.8, 4) is 11.4 Å². The minimum Gasteiger partial charge on any atom is -0.378 e. The predicted molar refractivity (Wildman–Crippen MR) is 69.2 cm³/mol. The lowest BCUT2D eigenvalue weighted by Crippen LogP contribution is -2.51. The molecular weight excluding hydrogens is 249 g/mol. The van der Waals surface area contributed by atoms with Crippen LogP contribution >= 0.6 is 0 Å². The van der Waals surface area contributed by atoms with Crippen LogP contribution in [0.3, 0.4) is 0 Å². The molecule has 19 heavy (non-hydrogen) atoms. The molecule has 3 N–H and O–H groups in total. The minimum absolute atomic E-state index is 0.143. The van der Waals surface area contributed by atoms with Gasteiger partial charge < -0.3 is 15.4 Å². The van der Waals surface area contributed by atoms with Gasteiger partial charge in [-0.15, -0.1) is 5.10 Å². The summed E-state index contributed by atoms with van der Waals surface area (Å²) in [5.74, 6) is 0.287. The van der Waals surface area contributed by atoms with Gasteiger partial charge in [0.05, 0.1) is 6.10 Å². The molecule has 0 unspecified atom stereocenters. The maximum absolute atomic E-state index is 13.7. The lowest BCUT2D eigenvalue weighted by molar-refractivity contribution is 0.0787. The fraction of sp³-hybridized carbons (Fsp3) is 0.333. The molecule has 0 bridgehead atoms. The molecule has 100 valence electrons. The highest BCUT2D eigenvalue weighted by molar-refractivity contribution is 5.64. The maximum Gasteiger partial charge on any atom is 0.239 e. The maximum atomic E-state index is 13.7. The first-order chi connectivity index (χ1) is 9.15. The van der Waals surface area contributed by atoms with Gasteiger partial charge in [-0.1, -0.05) is 0 Å². The molecular formula is C12H14FN5O. The van der Waals surface area contributed by atoms with Crippen LogP contribution in [0.2, 0.25) is 0 Å². The van der Waals surface area contributed by atoms with Crippen molar-refractivity contribution in [1.82, 2.24) is 15.2 Å². The van der Waals surface area contributed by atoms with Crippen LogP contribution in [0, 0.1) is 5.82 Å². The minimum atomic E-state index is -0.316. The average molecular weight is 263 g/mol. The fourth-order valence-electron chi connectivity index (χ4n) is 2.10. The van der Waals surface area contributed by atoms with Gasteiger partial charge in [0.25, 0.3) is 0 Å². The van der Waals surface area contributed by atoms with Crippen molar-refractivity contribution in [2.75, 3.05) is 30.8 Å². The molecule has 0 amide bonds. The normalized spacial score (nSPS) is 15.6. The van der Waals surface area contributed by atoms with Crippen LogP contribution in [0.5, 0.6) is 0 Å². The summed E-state index contributed by atoms with van der Waals surface area (Å²) in [6.45, 7) is 1.52. The van der Waals surface area contributed by atoms with E-state index in [4.69, 9.17) is 10.5 Å². The third kappa shape index (κ3) is 2.24. The van der Waals surface area contributed by atoms with Crippen LogP contribution in [0.4, 0.5) is 16.0 Å². The van der Waals surface area contributed by atoms with Crippen LogP contribution < -0.4 is 10.6 Å². The van der Waals surface area contributed by atoms with E-state index in [2.05, 4.69) is 15.2 Å². The molecule has 1 aromatic carbocycles. The van der Waals surface area contributed by atoms with Gasteiger partial charge in [0.2, 0.25) is 5.95 Å². The number of rotatable bonds is 3. The third-order valence-corrected chi connectivity index (χ3v) is 3.21. The third-order valence-electron chi connectivity index (χ3n) is 3.21. The SMILES string of the molecule is COC1CN(c2cc(F)cc(-c3nc(N)n[nH]3)c2)C1. The standard InChI is InChI=1S/C12H14FN5O/c1-19-10-5-18(6-10)9-3-7(2-8(13)4-9)11-15-12(14)17-16-11/h2-4,10H,5-6H2,1H3,(H3,14,15,16,17). The van der Waals surface area contributed by atoms with E-state index in [-0.39, 0.29) is 17.9 Å². The van der Waals surface area contributed by atoms with Crippen molar-refractivity contribution in [3.05, 3.63) is 24.0 Å². The quantitative estimate of drug-likeness (QED) is 0.864. The zero-order valence-corrected chi connectivity index (χ0v) is 10.4. The smallest absolute Gasteiger partial charge is 0.239 e. The molecule has 7 heteroatoms. The van der Waals surface area contributed by atoms with Crippen molar-refractivity contribution in [3.63, 3.8) is 0 Å². The average Bonchev–Trinajstić information content (AvgIpc) is 2.74. The Morgan fingerprint density at radius 3 is 2.84 bits per heavy atom. The molecule has 0 saturated carbocycles. The second-order valence-corrected chi connectivity index (χ2v) is 4.50. The second kappa shape index (κ2) is 4.51. The zero-order valence-electron chi connectivity index (χ0n) is 10.4. The van der Waals surface area contributed by atoms with E-state index in [0.717, 1.165) is 18.8 Å². The molecule has 3 rings (SSSR count). The van der Waals surface area contributed by atoms with E-state index in [1.54, 1.807) is 7.11 Å². The summed E-state index contributed by atoms with van der Waals surface area (Å²) in [5, 5.41) is 6.42. The van der Waals surface area contributed by atoms with Gasteiger partial charge >= 0.3 is 0 Å². The highest BCUT2D eigenvalue weighted by Crippen LogP contribution is 2.28. The van der Waals surface area contributed by atoms with Crippen molar-refractivity contribution < 1.29 is 9.13 Å². The molecule has 1 saturated heterocycles. The van der Waals surface area contributed by atoms with E-state index in [0.29, 0.717) is 11.4 Å². The molecule has 1 fully saturated rings. The van der Waals surface area contributed by atoms with Crippen LogP contribution in [0.15, 0.2) is 18.2 Å². The van der Waals surface area contributed by atoms with Gasteiger partial charge in [0.15, 0.2) is 5.82 Å². The van der Waals surface area contributed by atoms with Crippen LogP contribution in [0.25, 0.3) is 11.4 Å². The Kier molecular flexibility index (Phi) is 2.83. The molecule has 0 aliphatic carbocycles. The summed E-state index contributed by atoms with van der Waals surface area (Å²) in [4.78, 5) is 6.04. The summed E-state index contributed by atoms with van der Waals surface area (Å²) in [7, 11) is 1.68. The molecule has 0 spiro atoms. The van der Waals surface area contributed by atoms with Gasteiger partial charge in [-0.25, -0.2) is 4.39 Å². The Bertz CT molecular complexity index is 594. The van der Waals surface area contributed by atoms with Crippen molar-refractivity contribution in [1.29, 1.82) is 0 Å². The van der Waals surface area contributed by atoms with E-state index in [1.165, 1.54) is 12.1 Å². The summed E-state index contributed by atoms with van der Waals surface area (Å²) in [6.07, 6.45) is 0.215. The Hall–Kier alpha value is -2.15. The van der Waals surface area contributed by atoms with Gasteiger partial charge in [-0.05, 0) is 18.2 Å². The number of benzene rings is 1. The first-order valence-corrected chi connectivity index (χ1v) is 5.92. The predicted octanol–water partition coefficient (Wildman–Crippen LogP) is 1.03. The second-order valence-electron chi connectivity index (χ2n) is 4.50. The molecule has 0 atom stereocenters. The van der Waals surface area contributed by atoms with Crippen LogP contribution in [0.1, 0.15) is 0 Å². The number of anilines is 2. The number of H-pyrrole nitrogens is 1. The van der Waals surface area contributed by atoms with Crippen LogP contribution in [-0.2, 0) is 4.74 Å². The number of nitrogens with zero attached hydrogens (tertiary/aromatic N) is 3. The van der Waals surface area contributed by atoms with Crippen molar-refractivity contribution >= 4 is 11.6 Å². The largest absolute Gasteiger partial charge is 0.378 e. The lowest BCUT2D eigenvalue weighted by Gasteiger charge is -2.40. The first kappa shape index (κ1) is 11.9. The van der Waals surface area contributed by atoms with Gasteiger partial charge in [-0.3, -0.25) is 5.10 Å². The first-order valence-electron chi connectivity index (χ1n) is 5.92. The van der Waals surface area contributed by atoms with Gasteiger partial charge in [0, 0.05) is 31.5 Å². The Labute approximate surface area is 109 Å². The summed E-state index contributed by atoms with van der Waals surface area (Å²) in [5.41, 5.74) is 6.88. The van der Waals surface area contributed by atoms with E-state index in [1.807, 2.05) is 11.0 Å². The fourth-order valence-corrected chi connectivity index (χ4v) is 2.10. The van der Waals surface area contributed by atoms with Crippen LogP contribution in [-0.4, -0.2) is 41.5 Å². The Morgan fingerprint density at radius 1 is 1.42 bits per heavy atom.